The van der Waals surface area contributed by atoms with Crippen LogP contribution < -0.4 is 0 Å². The summed E-state index contributed by atoms with van der Waals surface area (Å²) in [5.41, 5.74) is 2.95. The molecule has 1 heterocycles. The number of unbranched alkanes of at least 4 members (excludes halogenated alkanes) is 2. The molecule has 1 aliphatic rings. The van der Waals surface area contributed by atoms with E-state index in [-0.39, 0.29) is 0 Å². The summed E-state index contributed by atoms with van der Waals surface area (Å²) in [6.07, 6.45) is 6.18. The molecule has 0 aliphatic heterocycles. The van der Waals surface area contributed by atoms with E-state index >= 15 is 0 Å². The minimum Gasteiger partial charge on any atom is -0.251 e. The number of halogens is 3. The summed E-state index contributed by atoms with van der Waals surface area (Å²) in [5.74, 6) is 0.887. The van der Waals surface area contributed by atoms with E-state index in [2.05, 4.69) is 36.2 Å². The van der Waals surface area contributed by atoms with Crippen LogP contribution in [0.2, 0.25) is 0 Å². The van der Waals surface area contributed by atoms with Crippen molar-refractivity contribution in [3.05, 3.63) is 65.0 Å². The molecule has 2 aromatic rings. The number of rotatable bonds is 6. The zero-order chi connectivity index (χ0) is 19.3. The van der Waals surface area contributed by atoms with Crippen LogP contribution in [0.25, 0.3) is 0 Å². The Morgan fingerprint density at radius 3 is 1.96 bits per heavy atom. The highest BCUT2D eigenvalue weighted by Gasteiger charge is 2.32. The quantitative estimate of drug-likeness (QED) is 0.484. The number of aryl methyl sites for hydroxylation is 1. The Morgan fingerprint density at radius 1 is 0.852 bits per heavy atom. The van der Waals surface area contributed by atoms with E-state index in [9.17, 15) is 13.2 Å². The molecule has 1 aromatic carbocycles. The average molecular weight is 375 g/mol. The van der Waals surface area contributed by atoms with Gasteiger partial charge in [0.2, 0.25) is 0 Å². The van der Waals surface area contributed by atoms with Gasteiger partial charge in [-0.1, -0.05) is 50.1 Å². The van der Waals surface area contributed by atoms with Gasteiger partial charge < -0.3 is 0 Å². The molecule has 0 amide bonds. The summed E-state index contributed by atoms with van der Waals surface area (Å²) in [6.45, 7) is 2.22. The van der Waals surface area contributed by atoms with Gasteiger partial charge in [-0.05, 0) is 73.1 Å². The highest BCUT2D eigenvalue weighted by molar-refractivity contribution is 5.27. The molecule has 0 saturated heterocycles. The Hall–Kier alpha value is -1.84. The van der Waals surface area contributed by atoms with Crippen molar-refractivity contribution in [1.29, 1.82) is 0 Å². The topological polar surface area (TPSA) is 12.9 Å². The predicted octanol–water partition coefficient (Wildman–Crippen LogP) is 7.27. The third-order valence-corrected chi connectivity index (χ3v) is 5.80. The van der Waals surface area contributed by atoms with Gasteiger partial charge in [-0.3, -0.25) is 4.98 Å². The molecule has 0 atom stereocenters. The van der Waals surface area contributed by atoms with Gasteiger partial charge in [0.05, 0.1) is 0 Å². The zero-order valence-corrected chi connectivity index (χ0v) is 15.9. The molecule has 0 bridgehead atoms. The second-order valence-electron chi connectivity index (χ2n) is 7.72. The molecule has 1 saturated carbocycles. The Bertz CT molecular complexity index is 696. The maximum absolute atomic E-state index is 12.7. The number of nitrogens with zero attached hydrogens (tertiary/aromatic N) is 1. The molecule has 3 rings (SSSR count). The summed E-state index contributed by atoms with van der Waals surface area (Å²) < 4.78 is 38.0. The van der Waals surface area contributed by atoms with Crippen LogP contribution in [-0.2, 0) is 12.6 Å². The van der Waals surface area contributed by atoms with Crippen LogP contribution in [0.15, 0.2) is 42.6 Å². The lowest BCUT2D eigenvalue weighted by Crippen LogP contribution is -2.13. The van der Waals surface area contributed by atoms with Crippen molar-refractivity contribution in [3.63, 3.8) is 0 Å². The monoisotopic (exact) mass is 375 g/mol. The fourth-order valence-corrected chi connectivity index (χ4v) is 4.11. The van der Waals surface area contributed by atoms with E-state index in [0.717, 1.165) is 43.7 Å². The van der Waals surface area contributed by atoms with E-state index in [1.165, 1.54) is 36.6 Å². The summed E-state index contributed by atoms with van der Waals surface area (Å²) in [7, 11) is 0. The van der Waals surface area contributed by atoms with Gasteiger partial charge in [0.25, 0.3) is 0 Å². The molecule has 146 valence electrons. The average Bonchev–Trinajstić information content (AvgIpc) is 2.68. The summed E-state index contributed by atoms with van der Waals surface area (Å²) in [4.78, 5) is 3.62. The predicted molar refractivity (Wildman–Crippen MR) is 103 cm³/mol. The lowest BCUT2D eigenvalue weighted by molar-refractivity contribution is -0.141. The first-order chi connectivity index (χ1) is 13.0. The van der Waals surface area contributed by atoms with Crippen LogP contribution in [-0.4, -0.2) is 4.98 Å². The molecule has 1 nitrogen and oxygen atoms in total. The summed E-state index contributed by atoms with van der Waals surface area (Å²) in [6, 6.07) is 11.8. The Kier molecular flexibility index (Phi) is 6.56. The minimum atomic E-state index is -4.36. The van der Waals surface area contributed by atoms with E-state index < -0.39 is 11.9 Å². The van der Waals surface area contributed by atoms with Crippen molar-refractivity contribution in [2.45, 2.75) is 76.3 Å². The van der Waals surface area contributed by atoms with Crippen molar-refractivity contribution < 1.29 is 13.2 Å². The van der Waals surface area contributed by atoms with Gasteiger partial charge in [0, 0.05) is 6.20 Å². The fraction of sp³-hybridized carbons (Fsp3) is 0.522. The molecule has 0 unspecified atom stereocenters. The third-order valence-electron chi connectivity index (χ3n) is 5.80. The summed E-state index contributed by atoms with van der Waals surface area (Å²) >= 11 is 0. The normalized spacial score (nSPS) is 20.6. The zero-order valence-electron chi connectivity index (χ0n) is 15.9. The molecular weight excluding hydrogens is 347 g/mol. The third kappa shape index (κ3) is 5.33. The number of pyridine rings is 1. The van der Waals surface area contributed by atoms with Crippen molar-refractivity contribution in [2.24, 2.45) is 0 Å². The van der Waals surface area contributed by atoms with Crippen LogP contribution in [0.3, 0.4) is 0 Å². The Morgan fingerprint density at radius 2 is 1.44 bits per heavy atom. The van der Waals surface area contributed by atoms with Gasteiger partial charge in [0.1, 0.15) is 5.69 Å². The lowest BCUT2D eigenvalue weighted by atomic mass is 9.76. The SMILES string of the molecule is CCCCCc1ccc(C2CCC(c3ccc(C(F)(F)F)nc3)CC2)cc1. The van der Waals surface area contributed by atoms with Crippen LogP contribution in [0, 0.1) is 0 Å². The van der Waals surface area contributed by atoms with Crippen LogP contribution in [0.4, 0.5) is 13.2 Å². The van der Waals surface area contributed by atoms with Gasteiger partial charge in [-0.2, -0.15) is 13.2 Å². The minimum absolute atomic E-state index is 0.323. The Balaban J connectivity index is 1.54. The number of hydrogen-bond acceptors (Lipinski definition) is 1. The second-order valence-corrected chi connectivity index (χ2v) is 7.72. The van der Waals surface area contributed by atoms with E-state index in [1.54, 1.807) is 6.07 Å². The molecule has 4 heteroatoms. The maximum atomic E-state index is 12.7. The van der Waals surface area contributed by atoms with Crippen LogP contribution >= 0.6 is 0 Å². The van der Waals surface area contributed by atoms with Crippen molar-refractivity contribution >= 4 is 0 Å². The van der Waals surface area contributed by atoms with Crippen LogP contribution in [0.1, 0.15) is 86.1 Å². The molecule has 1 aromatic heterocycles. The standard InChI is InChI=1S/C23H28F3N/c1-2-3-4-5-17-6-8-18(9-7-17)19-10-12-20(13-11-19)21-14-15-22(27-16-21)23(24,25)26/h6-9,14-16,19-20H,2-5,10-13H2,1H3. The van der Waals surface area contributed by atoms with E-state index in [4.69, 9.17) is 0 Å². The van der Waals surface area contributed by atoms with Crippen LogP contribution in [0.5, 0.6) is 0 Å². The number of aromatic nitrogens is 1. The first-order valence-corrected chi connectivity index (χ1v) is 10.1. The highest BCUT2D eigenvalue weighted by atomic mass is 19.4. The van der Waals surface area contributed by atoms with Gasteiger partial charge in [-0.15, -0.1) is 0 Å². The smallest absolute Gasteiger partial charge is 0.251 e. The Labute approximate surface area is 160 Å². The number of benzene rings is 1. The molecular formula is C23H28F3N. The largest absolute Gasteiger partial charge is 0.433 e. The number of alkyl halides is 3. The highest BCUT2D eigenvalue weighted by Crippen LogP contribution is 2.40. The maximum Gasteiger partial charge on any atom is 0.433 e. The molecule has 27 heavy (non-hydrogen) atoms. The van der Waals surface area contributed by atoms with Crippen molar-refractivity contribution in [1.82, 2.24) is 4.98 Å². The molecule has 1 aliphatic carbocycles. The molecule has 1 fully saturated rings. The van der Waals surface area contributed by atoms with E-state index in [0.29, 0.717) is 11.8 Å². The van der Waals surface area contributed by atoms with Gasteiger partial charge in [-0.25, -0.2) is 0 Å². The van der Waals surface area contributed by atoms with Gasteiger partial charge >= 0.3 is 6.18 Å². The number of hydrogen-bond donors (Lipinski definition) is 0. The first kappa shape index (κ1) is 19.9. The van der Waals surface area contributed by atoms with Crippen molar-refractivity contribution in [2.75, 3.05) is 0 Å². The van der Waals surface area contributed by atoms with Gasteiger partial charge in [0.15, 0.2) is 0 Å². The fourth-order valence-electron chi connectivity index (χ4n) is 4.11. The molecule has 0 N–H and O–H groups in total. The molecule has 0 radical (unpaired) electrons. The second kappa shape index (κ2) is 8.90. The lowest BCUT2D eigenvalue weighted by Gasteiger charge is -2.29. The van der Waals surface area contributed by atoms with Crippen molar-refractivity contribution in [3.8, 4) is 0 Å². The summed E-state index contributed by atoms with van der Waals surface area (Å²) in [5, 5.41) is 0. The van der Waals surface area contributed by atoms with E-state index in [1.807, 2.05) is 0 Å². The molecule has 0 spiro atoms. The first-order valence-electron chi connectivity index (χ1n) is 10.1.